The Morgan fingerprint density at radius 1 is 1.37 bits per heavy atom. The largest absolute Gasteiger partial charge is 0.316 e. The molecule has 0 aliphatic rings. The molecule has 0 saturated heterocycles. The van der Waals surface area contributed by atoms with E-state index < -0.39 is 10.0 Å². The second-order valence-electron chi connectivity index (χ2n) is 4.52. The molecule has 0 fully saturated rings. The summed E-state index contributed by atoms with van der Waals surface area (Å²) in [6, 6.07) is 5.23. The Morgan fingerprint density at radius 2 is 2.05 bits per heavy atom. The maximum Gasteiger partial charge on any atom is 0.240 e. The monoisotopic (exact) mass is 302 g/mol. The first kappa shape index (κ1) is 16.5. The smallest absolute Gasteiger partial charge is 0.240 e. The molecule has 0 radical (unpaired) electrons. The molecule has 4 nitrogen and oxygen atoms in total. The number of nitrogens with one attached hydrogen (secondary N) is 2. The van der Waals surface area contributed by atoms with E-state index in [1.165, 1.54) is 0 Å². The van der Waals surface area contributed by atoms with Gasteiger partial charge in [0.25, 0.3) is 0 Å². The van der Waals surface area contributed by atoms with Gasteiger partial charge in [-0.15, -0.1) is 0 Å². The average Bonchev–Trinajstić information content (AvgIpc) is 2.38. The molecule has 0 bridgehead atoms. The van der Waals surface area contributed by atoms with Gasteiger partial charge in [0.05, 0.1) is 4.90 Å². The minimum Gasteiger partial charge on any atom is -0.316 e. The van der Waals surface area contributed by atoms with Crippen LogP contribution >= 0.6 is 11.8 Å². The summed E-state index contributed by atoms with van der Waals surface area (Å²) in [4.78, 5) is 0.330. The van der Waals surface area contributed by atoms with Crippen LogP contribution in [-0.4, -0.2) is 33.5 Å². The van der Waals surface area contributed by atoms with Gasteiger partial charge in [0.2, 0.25) is 10.0 Å². The van der Waals surface area contributed by atoms with Crippen LogP contribution in [0.1, 0.15) is 18.1 Å². The molecule has 2 N–H and O–H groups in total. The van der Waals surface area contributed by atoms with Gasteiger partial charge < -0.3 is 5.32 Å². The van der Waals surface area contributed by atoms with E-state index in [1.54, 1.807) is 23.9 Å². The fourth-order valence-corrected chi connectivity index (χ4v) is 3.13. The number of benzene rings is 1. The molecule has 0 aliphatic heterocycles. The molecule has 108 valence electrons. The van der Waals surface area contributed by atoms with Crippen LogP contribution in [0.4, 0.5) is 0 Å². The van der Waals surface area contributed by atoms with Gasteiger partial charge in [0, 0.05) is 18.3 Å². The Labute approximate surface area is 120 Å². The van der Waals surface area contributed by atoms with Gasteiger partial charge in [-0.2, -0.15) is 11.8 Å². The zero-order valence-electron chi connectivity index (χ0n) is 11.9. The first-order chi connectivity index (χ1) is 8.90. The van der Waals surface area contributed by atoms with Crippen molar-refractivity contribution >= 4 is 21.8 Å². The van der Waals surface area contributed by atoms with E-state index >= 15 is 0 Å². The van der Waals surface area contributed by atoms with Gasteiger partial charge in [-0.1, -0.05) is 13.0 Å². The lowest BCUT2D eigenvalue weighted by molar-refractivity contribution is 0.581. The van der Waals surface area contributed by atoms with Crippen LogP contribution in [-0.2, 0) is 16.6 Å². The van der Waals surface area contributed by atoms with Crippen LogP contribution < -0.4 is 10.0 Å². The van der Waals surface area contributed by atoms with Crippen LogP contribution in [0.5, 0.6) is 0 Å². The topological polar surface area (TPSA) is 58.2 Å². The second-order valence-corrected chi connectivity index (χ2v) is 7.56. The molecular formula is C13H22N2O2S2. The van der Waals surface area contributed by atoms with Crippen molar-refractivity contribution in [3.8, 4) is 0 Å². The van der Waals surface area contributed by atoms with Crippen molar-refractivity contribution in [2.75, 3.05) is 19.8 Å². The number of sulfonamides is 1. The Balaban J connectivity index is 2.92. The van der Waals surface area contributed by atoms with Gasteiger partial charge in [0.1, 0.15) is 0 Å². The minimum absolute atomic E-state index is 0.261. The molecule has 0 aliphatic carbocycles. The summed E-state index contributed by atoms with van der Waals surface area (Å²) in [5, 5.41) is 3.31. The highest BCUT2D eigenvalue weighted by Gasteiger charge is 2.16. The first-order valence-corrected chi connectivity index (χ1v) is 8.94. The third-order valence-corrected chi connectivity index (χ3v) is 5.35. The quantitative estimate of drug-likeness (QED) is 0.805. The summed E-state index contributed by atoms with van der Waals surface area (Å²) in [6.07, 6.45) is 1.97. The normalized spacial score (nSPS) is 13.5. The number of hydrogen-bond acceptors (Lipinski definition) is 4. The van der Waals surface area contributed by atoms with E-state index in [9.17, 15) is 8.42 Å². The van der Waals surface area contributed by atoms with Gasteiger partial charge in [-0.3, -0.25) is 0 Å². The third-order valence-electron chi connectivity index (χ3n) is 2.96. The Morgan fingerprint density at radius 3 is 2.63 bits per heavy atom. The lowest BCUT2D eigenvalue weighted by Crippen LogP contribution is -2.29. The van der Waals surface area contributed by atoms with Crippen LogP contribution in [0.2, 0.25) is 0 Å². The Kier molecular flexibility index (Phi) is 6.32. The molecule has 1 atom stereocenters. The zero-order chi connectivity index (χ0) is 14.5. The molecule has 0 aromatic heterocycles. The molecule has 0 amide bonds. The molecule has 0 heterocycles. The third kappa shape index (κ3) is 4.80. The molecule has 19 heavy (non-hydrogen) atoms. The van der Waals surface area contributed by atoms with E-state index in [2.05, 4.69) is 10.0 Å². The Bertz CT molecular complexity index is 515. The van der Waals surface area contributed by atoms with E-state index in [-0.39, 0.29) is 5.25 Å². The SMILES string of the molecule is CNCc1cc(S(=O)(=O)NCC(C)SC)ccc1C. The number of rotatable bonds is 7. The van der Waals surface area contributed by atoms with Crippen LogP contribution in [0, 0.1) is 6.92 Å². The fraction of sp³-hybridized carbons (Fsp3) is 0.538. The molecule has 1 aromatic rings. The van der Waals surface area contributed by atoms with Gasteiger partial charge >= 0.3 is 0 Å². The maximum absolute atomic E-state index is 12.2. The van der Waals surface area contributed by atoms with Crippen molar-refractivity contribution in [3.63, 3.8) is 0 Å². The first-order valence-electron chi connectivity index (χ1n) is 6.17. The molecule has 0 spiro atoms. The van der Waals surface area contributed by atoms with E-state index in [0.29, 0.717) is 18.0 Å². The van der Waals surface area contributed by atoms with Crippen molar-refractivity contribution in [2.24, 2.45) is 0 Å². The van der Waals surface area contributed by atoms with Crippen molar-refractivity contribution in [1.29, 1.82) is 0 Å². The molecular weight excluding hydrogens is 280 g/mol. The van der Waals surface area contributed by atoms with E-state index in [0.717, 1.165) is 11.1 Å². The highest BCUT2D eigenvalue weighted by atomic mass is 32.2. The molecule has 1 unspecified atom stereocenters. The highest BCUT2D eigenvalue weighted by molar-refractivity contribution is 7.99. The highest BCUT2D eigenvalue weighted by Crippen LogP contribution is 2.16. The predicted molar refractivity (Wildman–Crippen MR) is 82.1 cm³/mol. The number of aryl methyl sites for hydroxylation is 1. The lowest BCUT2D eigenvalue weighted by atomic mass is 10.1. The standard InChI is InChI=1S/C13H22N2O2S2/c1-10-5-6-13(7-12(10)9-14-3)19(16,17)15-8-11(2)18-4/h5-7,11,14-15H,8-9H2,1-4H3. The van der Waals surface area contributed by atoms with Crippen LogP contribution in [0.15, 0.2) is 23.1 Å². The van der Waals surface area contributed by atoms with Crippen LogP contribution in [0.25, 0.3) is 0 Å². The maximum atomic E-state index is 12.2. The summed E-state index contributed by atoms with van der Waals surface area (Å²) in [5.74, 6) is 0. The van der Waals surface area contributed by atoms with E-state index in [4.69, 9.17) is 0 Å². The molecule has 1 rings (SSSR count). The van der Waals surface area contributed by atoms with Crippen molar-refractivity contribution < 1.29 is 8.42 Å². The minimum atomic E-state index is -3.41. The van der Waals surface area contributed by atoms with Gasteiger partial charge in [-0.25, -0.2) is 13.1 Å². The van der Waals surface area contributed by atoms with Crippen molar-refractivity contribution in [3.05, 3.63) is 29.3 Å². The predicted octanol–water partition coefficient (Wildman–Crippen LogP) is 1.74. The average molecular weight is 302 g/mol. The lowest BCUT2D eigenvalue weighted by Gasteiger charge is -2.12. The van der Waals surface area contributed by atoms with Crippen LogP contribution in [0.3, 0.4) is 0 Å². The molecule has 1 aromatic carbocycles. The molecule has 0 saturated carbocycles. The zero-order valence-corrected chi connectivity index (χ0v) is 13.5. The number of thioether (sulfide) groups is 1. The summed E-state index contributed by atoms with van der Waals surface area (Å²) < 4.78 is 27.0. The second kappa shape index (κ2) is 7.28. The summed E-state index contributed by atoms with van der Waals surface area (Å²) in [6.45, 7) is 5.08. The molecule has 6 heteroatoms. The number of hydrogen-bond donors (Lipinski definition) is 2. The summed E-state index contributed by atoms with van der Waals surface area (Å²) in [7, 11) is -1.57. The van der Waals surface area contributed by atoms with Gasteiger partial charge in [-0.05, 0) is 43.5 Å². The van der Waals surface area contributed by atoms with E-state index in [1.807, 2.05) is 33.2 Å². The summed E-state index contributed by atoms with van der Waals surface area (Å²) in [5.41, 5.74) is 2.09. The fourth-order valence-electron chi connectivity index (χ4n) is 1.59. The Hall–Kier alpha value is -0.560. The van der Waals surface area contributed by atoms with Crippen molar-refractivity contribution in [1.82, 2.24) is 10.0 Å². The summed E-state index contributed by atoms with van der Waals surface area (Å²) >= 11 is 1.64. The van der Waals surface area contributed by atoms with Gasteiger partial charge in [0.15, 0.2) is 0 Å². The van der Waals surface area contributed by atoms with Crippen molar-refractivity contribution in [2.45, 2.75) is 30.5 Å².